The molecule has 0 saturated carbocycles. The smallest absolute Gasteiger partial charge is 0.336 e. The van der Waals surface area contributed by atoms with Crippen molar-refractivity contribution in [2.75, 3.05) is 6.61 Å². The van der Waals surface area contributed by atoms with Crippen molar-refractivity contribution in [3.63, 3.8) is 0 Å². The minimum absolute atomic E-state index is 0.0923. The summed E-state index contributed by atoms with van der Waals surface area (Å²) in [4.78, 5) is 16.9. The van der Waals surface area contributed by atoms with Crippen LogP contribution < -0.4 is 4.74 Å². The van der Waals surface area contributed by atoms with Gasteiger partial charge in [0.1, 0.15) is 0 Å². The average molecular weight is 350 g/mol. The quantitative estimate of drug-likeness (QED) is 0.639. The molecule has 1 aromatic heterocycles. The number of rotatable bonds is 8. The van der Waals surface area contributed by atoms with Gasteiger partial charge in [0.05, 0.1) is 11.6 Å². The zero-order valence-corrected chi connectivity index (χ0v) is 15.2. The molecular weight excluding hydrogens is 326 g/mol. The summed E-state index contributed by atoms with van der Waals surface area (Å²) in [5, 5.41) is 4.78. The number of hydrogen-bond donors (Lipinski definition) is 0. The Morgan fingerprint density at radius 3 is 2.71 bits per heavy atom. The number of carbonyl (C=O) groups excluding carboxylic acids is 1. The van der Waals surface area contributed by atoms with E-state index >= 15 is 0 Å². The second kappa shape index (κ2) is 8.83. The molecule has 0 radical (unpaired) electrons. The van der Waals surface area contributed by atoms with Gasteiger partial charge < -0.3 is 4.74 Å². The van der Waals surface area contributed by atoms with E-state index in [1.165, 1.54) is 4.68 Å². The molecule has 0 bridgehead atoms. The fraction of sp³-hybridized carbons (Fsp3) is 0.500. The molecule has 0 amide bonds. The highest BCUT2D eigenvalue weighted by Crippen LogP contribution is 2.28. The SMILES string of the molecule is CCCCCC(=O)n1nc(OCC(C)C)nc1-c1ccccc1Cl. The van der Waals surface area contributed by atoms with Crippen LogP contribution in [0.15, 0.2) is 24.3 Å². The first-order chi connectivity index (χ1) is 11.5. The highest BCUT2D eigenvalue weighted by molar-refractivity contribution is 6.33. The zero-order chi connectivity index (χ0) is 17.5. The van der Waals surface area contributed by atoms with Gasteiger partial charge in [-0.3, -0.25) is 4.79 Å². The number of unbranched alkanes of at least 4 members (excludes halogenated alkanes) is 2. The number of hydrogen-bond acceptors (Lipinski definition) is 4. The third-order valence-electron chi connectivity index (χ3n) is 3.48. The van der Waals surface area contributed by atoms with Crippen LogP contribution in [0, 0.1) is 5.92 Å². The molecule has 5 nitrogen and oxygen atoms in total. The lowest BCUT2D eigenvalue weighted by Gasteiger charge is -2.05. The summed E-state index contributed by atoms with van der Waals surface area (Å²) in [7, 11) is 0. The van der Waals surface area contributed by atoms with Crippen LogP contribution in [0.3, 0.4) is 0 Å². The van der Waals surface area contributed by atoms with Crippen LogP contribution in [-0.4, -0.2) is 27.3 Å². The molecule has 130 valence electrons. The van der Waals surface area contributed by atoms with Crippen molar-refractivity contribution < 1.29 is 9.53 Å². The van der Waals surface area contributed by atoms with E-state index in [2.05, 4.69) is 17.0 Å². The van der Waals surface area contributed by atoms with Crippen LogP contribution in [0.25, 0.3) is 11.4 Å². The van der Waals surface area contributed by atoms with E-state index in [9.17, 15) is 4.79 Å². The van der Waals surface area contributed by atoms with Crippen LogP contribution in [0.2, 0.25) is 5.02 Å². The van der Waals surface area contributed by atoms with Gasteiger partial charge in [-0.25, -0.2) is 0 Å². The summed E-state index contributed by atoms with van der Waals surface area (Å²) in [6.07, 6.45) is 3.33. The van der Waals surface area contributed by atoms with Crippen molar-refractivity contribution in [3.05, 3.63) is 29.3 Å². The predicted molar refractivity (Wildman–Crippen MR) is 95.6 cm³/mol. The van der Waals surface area contributed by atoms with Gasteiger partial charge in [0.2, 0.25) is 5.91 Å². The summed E-state index contributed by atoms with van der Waals surface area (Å²) in [6, 6.07) is 7.50. The first kappa shape index (κ1) is 18.5. The largest absolute Gasteiger partial charge is 0.462 e. The van der Waals surface area contributed by atoms with E-state index in [0.717, 1.165) is 19.3 Å². The maximum Gasteiger partial charge on any atom is 0.336 e. The number of ether oxygens (including phenoxy) is 1. The number of aromatic nitrogens is 3. The molecule has 0 fully saturated rings. The van der Waals surface area contributed by atoms with E-state index < -0.39 is 0 Å². The van der Waals surface area contributed by atoms with Crippen LogP contribution in [0.4, 0.5) is 0 Å². The summed E-state index contributed by atoms with van der Waals surface area (Å²) in [6.45, 7) is 6.69. The Labute approximate surface area is 148 Å². The van der Waals surface area contributed by atoms with Crippen LogP contribution >= 0.6 is 11.6 Å². The standard InChI is InChI=1S/C18H24ClN3O2/c1-4-5-6-11-16(23)22-17(14-9-7-8-10-15(14)19)20-18(21-22)24-12-13(2)3/h7-10,13H,4-6,11-12H2,1-3H3. The summed E-state index contributed by atoms with van der Waals surface area (Å²) < 4.78 is 6.91. The van der Waals surface area contributed by atoms with Gasteiger partial charge in [-0.05, 0) is 24.5 Å². The lowest BCUT2D eigenvalue weighted by Crippen LogP contribution is -2.14. The number of halogens is 1. The van der Waals surface area contributed by atoms with Crippen LogP contribution in [0.1, 0.15) is 51.2 Å². The summed E-state index contributed by atoms with van der Waals surface area (Å²) in [5.74, 6) is 0.687. The van der Waals surface area contributed by atoms with Gasteiger partial charge in [0, 0.05) is 12.0 Å². The van der Waals surface area contributed by atoms with E-state index in [0.29, 0.717) is 35.4 Å². The van der Waals surface area contributed by atoms with Gasteiger partial charge in [-0.2, -0.15) is 9.67 Å². The Hall–Kier alpha value is -1.88. The van der Waals surface area contributed by atoms with Gasteiger partial charge in [-0.1, -0.05) is 57.3 Å². The lowest BCUT2D eigenvalue weighted by atomic mass is 10.2. The molecule has 0 N–H and O–H groups in total. The number of nitrogens with zero attached hydrogens (tertiary/aromatic N) is 3. The highest BCUT2D eigenvalue weighted by atomic mass is 35.5. The van der Waals surface area contributed by atoms with Gasteiger partial charge >= 0.3 is 6.01 Å². The maximum atomic E-state index is 12.5. The Morgan fingerprint density at radius 1 is 1.29 bits per heavy atom. The normalized spacial score (nSPS) is 11.0. The van der Waals surface area contributed by atoms with Crippen LogP contribution in [-0.2, 0) is 0 Å². The van der Waals surface area contributed by atoms with Crippen molar-refractivity contribution in [2.45, 2.75) is 46.5 Å². The Balaban J connectivity index is 2.32. The van der Waals surface area contributed by atoms with E-state index in [-0.39, 0.29) is 11.9 Å². The minimum Gasteiger partial charge on any atom is -0.462 e. The molecule has 0 spiro atoms. The molecule has 0 unspecified atom stereocenters. The molecule has 24 heavy (non-hydrogen) atoms. The van der Waals surface area contributed by atoms with Crippen LogP contribution in [0.5, 0.6) is 6.01 Å². The second-order valence-corrected chi connectivity index (χ2v) is 6.57. The zero-order valence-electron chi connectivity index (χ0n) is 14.5. The second-order valence-electron chi connectivity index (χ2n) is 6.17. The summed E-state index contributed by atoms with van der Waals surface area (Å²) >= 11 is 6.27. The third kappa shape index (κ3) is 4.81. The van der Waals surface area contributed by atoms with Gasteiger partial charge in [0.25, 0.3) is 0 Å². The first-order valence-electron chi connectivity index (χ1n) is 8.40. The van der Waals surface area contributed by atoms with Crippen molar-refractivity contribution in [1.82, 2.24) is 14.8 Å². The Kier molecular flexibility index (Phi) is 6.79. The van der Waals surface area contributed by atoms with Crippen molar-refractivity contribution >= 4 is 17.5 Å². The van der Waals surface area contributed by atoms with Gasteiger partial charge in [-0.15, -0.1) is 5.10 Å². The molecule has 6 heteroatoms. The minimum atomic E-state index is -0.0923. The molecule has 1 aromatic carbocycles. The lowest BCUT2D eigenvalue weighted by molar-refractivity contribution is 0.0882. The van der Waals surface area contributed by atoms with E-state index in [1.807, 2.05) is 32.0 Å². The highest BCUT2D eigenvalue weighted by Gasteiger charge is 2.20. The molecule has 0 saturated heterocycles. The monoisotopic (exact) mass is 349 g/mol. The molecule has 0 aliphatic carbocycles. The molecule has 2 rings (SSSR count). The molecule has 0 atom stereocenters. The van der Waals surface area contributed by atoms with Crippen molar-refractivity contribution in [3.8, 4) is 17.4 Å². The molecular formula is C18H24ClN3O2. The number of carbonyl (C=O) groups is 1. The van der Waals surface area contributed by atoms with E-state index in [1.54, 1.807) is 6.07 Å². The first-order valence-corrected chi connectivity index (χ1v) is 8.78. The molecule has 1 heterocycles. The molecule has 0 aliphatic rings. The average Bonchev–Trinajstić information content (AvgIpc) is 2.97. The van der Waals surface area contributed by atoms with Gasteiger partial charge in [0.15, 0.2) is 5.82 Å². The fourth-order valence-corrected chi connectivity index (χ4v) is 2.44. The number of benzene rings is 1. The predicted octanol–water partition coefficient (Wildman–Crippen LogP) is 4.85. The third-order valence-corrected chi connectivity index (χ3v) is 3.81. The Bertz CT molecular complexity index is 683. The molecule has 0 aliphatic heterocycles. The fourth-order valence-electron chi connectivity index (χ4n) is 2.22. The topological polar surface area (TPSA) is 57.0 Å². The Morgan fingerprint density at radius 2 is 2.04 bits per heavy atom. The van der Waals surface area contributed by atoms with Crippen molar-refractivity contribution in [2.24, 2.45) is 5.92 Å². The van der Waals surface area contributed by atoms with E-state index in [4.69, 9.17) is 16.3 Å². The maximum absolute atomic E-state index is 12.5. The van der Waals surface area contributed by atoms with Crippen molar-refractivity contribution in [1.29, 1.82) is 0 Å². The summed E-state index contributed by atoms with van der Waals surface area (Å²) in [5.41, 5.74) is 0.676. The molecule has 2 aromatic rings.